The van der Waals surface area contributed by atoms with Crippen molar-refractivity contribution in [3.8, 4) is 0 Å². The van der Waals surface area contributed by atoms with Crippen molar-refractivity contribution in [2.75, 3.05) is 7.11 Å². The van der Waals surface area contributed by atoms with Crippen molar-refractivity contribution in [2.24, 2.45) is 0 Å². The van der Waals surface area contributed by atoms with Crippen LogP contribution in [0.1, 0.15) is 36.5 Å². The third-order valence-electron chi connectivity index (χ3n) is 5.07. The van der Waals surface area contributed by atoms with Crippen LogP contribution in [0.3, 0.4) is 0 Å². The van der Waals surface area contributed by atoms with Crippen molar-refractivity contribution in [1.82, 2.24) is 5.32 Å². The Labute approximate surface area is 180 Å². The summed E-state index contributed by atoms with van der Waals surface area (Å²) < 4.78 is 4.97. The monoisotopic (exact) mass is 424 g/mol. The summed E-state index contributed by atoms with van der Waals surface area (Å²) >= 11 is 1.60. The van der Waals surface area contributed by atoms with Crippen LogP contribution < -0.4 is 5.32 Å². The van der Waals surface area contributed by atoms with Crippen LogP contribution in [-0.2, 0) is 15.3 Å². The van der Waals surface area contributed by atoms with Crippen molar-refractivity contribution in [2.45, 2.75) is 37.3 Å². The van der Waals surface area contributed by atoms with Gasteiger partial charge in [-0.15, -0.1) is 11.8 Å². The first-order valence-corrected chi connectivity index (χ1v) is 10.5. The molecule has 1 heterocycles. The summed E-state index contributed by atoms with van der Waals surface area (Å²) in [5.74, 6) is -0.666. The summed E-state index contributed by atoms with van der Waals surface area (Å²) in [6, 6.07) is 15.8. The van der Waals surface area contributed by atoms with Gasteiger partial charge in [0.2, 0.25) is 0 Å². The summed E-state index contributed by atoms with van der Waals surface area (Å²) in [4.78, 5) is 25.0. The number of allylic oxidation sites excluding steroid dienone is 3. The van der Waals surface area contributed by atoms with E-state index in [1.54, 1.807) is 25.6 Å². The third kappa shape index (κ3) is 4.41. The molecule has 6 nitrogen and oxygen atoms in total. The smallest absolute Gasteiger partial charge is 0.336 e. The molecule has 30 heavy (non-hydrogen) atoms. The van der Waals surface area contributed by atoms with Crippen LogP contribution in [0.25, 0.3) is 0 Å². The van der Waals surface area contributed by atoms with Crippen LogP contribution in [0.4, 0.5) is 0 Å². The minimum Gasteiger partial charge on any atom is -0.466 e. The van der Waals surface area contributed by atoms with Crippen molar-refractivity contribution < 1.29 is 14.5 Å². The lowest BCUT2D eigenvalue weighted by Crippen LogP contribution is -2.31. The van der Waals surface area contributed by atoms with E-state index in [0.29, 0.717) is 11.4 Å². The molecular formula is C23H24N2O4S. The average Bonchev–Trinajstić information content (AvgIpc) is 2.72. The largest absolute Gasteiger partial charge is 0.466 e. The Balaban J connectivity index is 2.06. The van der Waals surface area contributed by atoms with Crippen LogP contribution in [0, 0.1) is 17.0 Å². The number of ether oxygens (including phenoxy) is 1. The van der Waals surface area contributed by atoms with E-state index in [1.807, 2.05) is 31.2 Å². The molecule has 1 N–H and O–H groups in total. The van der Waals surface area contributed by atoms with Gasteiger partial charge in [0.15, 0.2) is 0 Å². The van der Waals surface area contributed by atoms with E-state index in [0.717, 1.165) is 21.8 Å². The van der Waals surface area contributed by atoms with Gasteiger partial charge in [-0.1, -0.05) is 48.0 Å². The maximum atomic E-state index is 12.6. The van der Waals surface area contributed by atoms with E-state index < -0.39 is 16.8 Å². The molecule has 1 aliphatic rings. The molecule has 1 aliphatic heterocycles. The molecule has 0 aromatic heterocycles. The number of carbonyl (C=O) groups excluding carboxylic acids is 1. The highest BCUT2D eigenvalue weighted by Crippen LogP contribution is 2.42. The van der Waals surface area contributed by atoms with Gasteiger partial charge in [-0.05, 0) is 38.0 Å². The fourth-order valence-corrected chi connectivity index (χ4v) is 4.65. The van der Waals surface area contributed by atoms with Gasteiger partial charge in [0.25, 0.3) is 5.70 Å². The quantitative estimate of drug-likeness (QED) is 0.306. The molecule has 0 saturated carbocycles. The number of dihydropyridines is 1. The van der Waals surface area contributed by atoms with Crippen LogP contribution in [0.2, 0.25) is 0 Å². The highest BCUT2D eigenvalue weighted by Gasteiger charge is 2.41. The molecule has 0 fully saturated rings. The second-order valence-corrected chi connectivity index (χ2v) is 8.18. The standard InChI is InChI=1S/C23H24N2O4S/c1-14-9-11-17(12-10-14)13-30-19-8-6-5-7-18(19)21-20(23(26)29-4)15(2)24-16(3)22(21)25(27)28/h5-12,21,24H,13H2,1-4H3. The lowest BCUT2D eigenvalue weighted by atomic mass is 9.84. The van der Waals surface area contributed by atoms with Gasteiger partial charge < -0.3 is 10.1 Å². The molecule has 2 aromatic rings. The average molecular weight is 425 g/mol. The number of carbonyl (C=O) groups is 1. The van der Waals surface area contributed by atoms with Gasteiger partial charge in [0.1, 0.15) is 5.92 Å². The number of aryl methyl sites for hydroxylation is 1. The summed E-state index contributed by atoms with van der Waals surface area (Å²) in [6.45, 7) is 5.44. The first kappa shape index (κ1) is 21.6. The number of nitro groups is 1. The SMILES string of the molecule is COC(=O)C1=C(C)NC(C)=C([N+](=O)[O-])C1c1ccccc1SCc1ccc(C)cc1. The number of hydrogen-bond donors (Lipinski definition) is 1. The Morgan fingerprint density at radius 2 is 1.77 bits per heavy atom. The number of methoxy groups -OCH3 is 1. The highest BCUT2D eigenvalue weighted by atomic mass is 32.2. The van der Waals surface area contributed by atoms with Crippen LogP contribution in [0.15, 0.2) is 76.1 Å². The van der Waals surface area contributed by atoms with E-state index in [4.69, 9.17) is 4.74 Å². The fraction of sp³-hybridized carbons (Fsp3) is 0.261. The molecule has 0 bridgehead atoms. The summed E-state index contributed by atoms with van der Waals surface area (Å²) in [7, 11) is 1.29. The predicted octanol–water partition coefficient (Wildman–Crippen LogP) is 4.93. The van der Waals surface area contributed by atoms with E-state index in [9.17, 15) is 14.9 Å². The van der Waals surface area contributed by atoms with Gasteiger partial charge >= 0.3 is 5.97 Å². The molecule has 2 aromatic carbocycles. The van der Waals surface area contributed by atoms with Gasteiger partial charge in [0.05, 0.1) is 23.3 Å². The highest BCUT2D eigenvalue weighted by molar-refractivity contribution is 7.98. The van der Waals surface area contributed by atoms with E-state index >= 15 is 0 Å². The van der Waals surface area contributed by atoms with Crippen molar-refractivity contribution in [3.63, 3.8) is 0 Å². The van der Waals surface area contributed by atoms with E-state index in [2.05, 4.69) is 29.6 Å². The lowest BCUT2D eigenvalue weighted by molar-refractivity contribution is -0.431. The Bertz CT molecular complexity index is 1040. The number of thioether (sulfide) groups is 1. The van der Waals surface area contributed by atoms with Gasteiger partial charge in [0, 0.05) is 16.3 Å². The molecule has 3 rings (SSSR count). The number of rotatable bonds is 6. The first-order chi connectivity index (χ1) is 14.3. The Morgan fingerprint density at radius 3 is 2.40 bits per heavy atom. The molecule has 1 atom stereocenters. The number of nitrogens with zero attached hydrogens (tertiary/aromatic N) is 1. The number of nitrogens with one attached hydrogen (secondary N) is 1. The van der Waals surface area contributed by atoms with Crippen LogP contribution in [0.5, 0.6) is 0 Å². The van der Waals surface area contributed by atoms with Gasteiger partial charge in [-0.3, -0.25) is 10.1 Å². The van der Waals surface area contributed by atoms with Gasteiger partial charge in [-0.25, -0.2) is 4.79 Å². The molecule has 0 aliphatic carbocycles. The topological polar surface area (TPSA) is 81.5 Å². The van der Waals surface area contributed by atoms with Crippen LogP contribution >= 0.6 is 11.8 Å². The predicted molar refractivity (Wildman–Crippen MR) is 117 cm³/mol. The van der Waals surface area contributed by atoms with Crippen LogP contribution in [-0.4, -0.2) is 18.0 Å². The minimum absolute atomic E-state index is 0.0376. The lowest BCUT2D eigenvalue weighted by Gasteiger charge is -2.27. The Hall–Kier alpha value is -3.06. The second kappa shape index (κ2) is 9.17. The van der Waals surface area contributed by atoms with Gasteiger partial charge in [-0.2, -0.15) is 0 Å². The molecule has 156 valence electrons. The van der Waals surface area contributed by atoms with E-state index in [-0.39, 0.29) is 11.3 Å². The first-order valence-electron chi connectivity index (χ1n) is 9.52. The fourth-order valence-electron chi connectivity index (χ4n) is 3.60. The summed E-state index contributed by atoms with van der Waals surface area (Å²) in [5.41, 5.74) is 4.29. The maximum absolute atomic E-state index is 12.6. The summed E-state index contributed by atoms with van der Waals surface area (Å²) in [5, 5.41) is 14.9. The molecule has 1 unspecified atom stereocenters. The minimum atomic E-state index is -0.810. The molecule has 0 saturated heterocycles. The molecule has 0 radical (unpaired) electrons. The molecule has 0 amide bonds. The normalized spacial score (nSPS) is 16.3. The molecule has 7 heteroatoms. The van der Waals surface area contributed by atoms with Crippen molar-refractivity contribution in [3.05, 3.63) is 98.0 Å². The third-order valence-corrected chi connectivity index (χ3v) is 6.23. The molecular weight excluding hydrogens is 400 g/mol. The van der Waals surface area contributed by atoms with E-state index in [1.165, 1.54) is 12.7 Å². The number of benzene rings is 2. The number of esters is 1. The maximum Gasteiger partial charge on any atom is 0.336 e. The van der Waals surface area contributed by atoms with Crippen molar-refractivity contribution >= 4 is 17.7 Å². The number of hydrogen-bond acceptors (Lipinski definition) is 6. The Kier molecular flexibility index (Phi) is 6.62. The Morgan fingerprint density at radius 1 is 1.10 bits per heavy atom. The van der Waals surface area contributed by atoms with Crippen molar-refractivity contribution in [1.29, 1.82) is 0 Å². The zero-order chi connectivity index (χ0) is 21.8. The molecule has 0 spiro atoms. The summed E-state index contributed by atoms with van der Waals surface area (Å²) in [6.07, 6.45) is 0. The zero-order valence-electron chi connectivity index (χ0n) is 17.4. The zero-order valence-corrected chi connectivity index (χ0v) is 18.2. The second-order valence-electron chi connectivity index (χ2n) is 7.17.